The largest absolute Gasteiger partial charge is 0.377 e. The maximum Gasteiger partial charge on any atom is 0.214 e. The van der Waals surface area contributed by atoms with Crippen molar-refractivity contribution in [3.05, 3.63) is 0 Å². The van der Waals surface area contributed by atoms with Gasteiger partial charge in [0.1, 0.15) is 0 Å². The van der Waals surface area contributed by atoms with Crippen LogP contribution in [0.15, 0.2) is 0 Å². The fraction of sp³-hybridized carbons (Fsp3) is 1.00. The molecule has 0 bridgehead atoms. The molecular weight excluding hydrogens is 228 g/mol. The molecule has 1 rings (SSSR count). The smallest absolute Gasteiger partial charge is 0.214 e. The van der Waals surface area contributed by atoms with Gasteiger partial charge in [0.2, 0.25) is 10.0 Å². The molecule has 1 fully saturated rings. The molecule has 0 aliphatic carbocycles. The molecule has 0 aromatic heterocycles. The van der Waals surface area contributed by atoms with Gasteiger partial charge in [-0.2, -0.15) is 0 Å². The number of ether oxygens (including phenoxy) is 1. The minimum atomic E-state index is -3.28. The number of sulfonamides is 1. The van der Waals surface area contributed by atoms with Crippen LogP contribution in [0.25, 0.3) is 0 Å². The van der Waals surface area contributed by atoms with Crippen LogP contribution in [0.2, 0.25) is 0 Å². The van der Waals surface area contributed by atoms with E-state index in [0.29, 0.717) is 13.2 Å². The van der Waals surface area contributed by atoms with E-state index in [2.05, 4.69) is 4.72 Å². The van der Waals surface area contributed by atoms with Crippen molar-refractivity contribution in [3.63, 3.8) is 0 Å². The zero-order chi connectivity index (χ0) is 12.2. The van der Waals surface area contributed by atoms with Crippen LogP contribution in [0, 0.1) is 5.92 Å². The summed E-state index contributed by atoms with van der Waals surface area (Å²) >= 11 is 0. The van der Waals surface area contributed by atoms with Gasteiger partial charge in [-0.3, -0.25) is 0 Å². The number of nitrogens with one attached hydrogen (secondary N) is 1. The minimum Gasteiger partial charge on any atom is -0.377 e. The van der Waals surface area contributed by atoms with Gasteiger partial charge in [0.05, 0.1) is 11.9 Å². The minimum absolute atomic E-state index is 0.0518. The van der Waals surface area contributed by atoms with Crippen molar-refractivity contribution >= 4 is 10.0 Å². The van der Waals surface area contributed by atoms with Crippen LogP contribution in [0.4, 0.5) is 0 Å². The predicted octanol–water partition coefficient (Wildman–Crippen LogP) is 0.0681. The van der Waals surface area contributed by atoms with Gasteiger partial charge in [-0.15, -0.1) is 0 Å². The first kappa shape index (κ1) is 13.9. The molecule has 1 aliphatic rings. The zero-order valence-corrected chi connectivity index (χ0v) is 10.8. The monoisotopic (exact) mass is 250 g/mol. The zero-order valence-electron chi connectivity index (χ0n) is 9.98. The Kier molecular flexibility index (Phi) is 5.17. The summed E-state index contributed by atoms with van der Waals surface area (Å²) in [6.45, 7) is 4.89. The van der Waals surface area contributed by atoms with Gasteiger partial charge in [0.15, 0.2) is 0 Å². The van der Waals surface area contributed by atoms with E-state index in [-0.39, 0.29) is 23.8 Å². The highest BCUT2D eigenvalue weighted by Gasteiger charge is 2.26. The molecule has 1 aliphatic heterocycles. The predicted molar refractivity (Wildman–Crippen MR) is 63.6 cm³/mol. The molecule has 2 unspecified atom stereocenters. The van der Waals surface area contributed by atoms with Crippen LogP contribution in [0.5, 0.6) is 0 Å². The highest BCUT2D eigenvalue weighted by Crippen LogP contribution is 2.14. The Labute approximate surface area is 97.8 Å². The molecular formula is C10H22N2O3S. The first-order valence-corrected chi connectivity index (χ1v) is 7.41. The standard InChI is InChI=1S/C10H22N2O3S/c1-8(2)10(6-11)12-16(13,14)7-9-4-3-5-15-9/h8-10,12H,3-7,11H2,1-2H3. The number of hydrogen-bond acceptors (Lipinski definition) is 4. The van der Waals surface area contributed by atoms with E-state index in [1.807, 2.05) is 13.8 Å². The summed E-state index contributed by atoms with van der Waals surface area (Å²) < 4.78 is 31.6. The highest BCUT2D eigenvalue weighted by atomic mass is 32.2. The van der Waals surface area contributed by atoms with Crippen molar-refractivity contribution in [1.82, 2.24) is 4.72 Å². The maximum absolute atomic E-state index is 11.8. The Morgan fingerprint density at radius 1 is 1.50 bits per heavy atom. The summed E-state index contributed by atoms with van der Waals surface area (Å²) in [5, 5.41) is 0. The third kappa shape index (κ3) is 4.37. The van der Waals surface area contributed by atoms with Crippen molar-refractivity contribution < 1.29 is 13.2 Å². The normalized spacial score (nSPS) is 23.9. The molecule has 3 N–H and O–H groups in total. The molecule has 2 atom stereocenters. The summed E-state index contributed by atoms with van der Waals surface area (Å²) in [6, 6.07) is -0.189. The quantitative estimate of drug-likeness (QED) is 0.699. The molecule has 0 aromatic carbocycles. The Bertz CT molecular complexity index is 297. The molecule has 5 nitrogen and oxygen atoms in total. The van der Waals surface area contributed by atoms with Crippen LogP contribution < -0.4 is 10.5 Å². The molecule has 0 amide bonds. The van der Waals surface area contributed by atoms with E-state index in [1.54, 1.807) is 0 Å². The number of nitrogens with two attached hydrogens (primary N) is 1. The average molecular weight is 250 g/mol. The first-order valence-electron chi connectivity index (χ1n) is 5.76. The summed E-state index contributed by atoms with van der Waals surface area (Å²) in [6.07, 6.45) is 1.63. The van der Waals surface area contributed by atoms with E-state index in [0.717, 1.165) is 12.8 Å². The van der Waals surface area contributed by atoms with E-state index in [9.17, 15) is 8.42 Å². The van der Waals surface area contributed by atoms with E-state index >= 15 is 0 Å². The lowest BCUT2D eigenvalue weighted by atomic mass is 10.1. The third-order valence-corrected chi connectivity index (χ3v) is 4.29. The lowest BCUT2D eigenvalue weighted by molar-refractivity contribution is 0.127. The summed E-state index contributed by atoms with van der Waals surface area (Å²) in [7, 11) is -3.28. The van der Waals surface area contributed by atoms with Gasteiger partial charge in [-0.05, 0) is 18.8 Å². The van der Waals surface area contributed by atoms with Crippen molar-refractivity contribution in [2.45, 2.75) is 38.8 Å². The van der Waals surface area contributed by atoms with Gasteiger partial charge in [0.25, 0.3) is 0 Å². The van der Waals surface area contributed by atoms with Gasteiger partial charge >= 0.3 is 0 Å². The van der Waals surface area contributed by atoms with Crippen molar-refractivity contribution in [2.75, 3.05) is 18.9 Å². The van der Waals surface area contributed by atoms with Crippen LogP contribution in [0.3, 0.4) is 0 Å². The Hall–Kier alpha value is -0.170. The average Bonchev–Trinajstić information content (AvgIpc) is 2.65. The highest BCUT2D eigenvalue weighted by molar-refractivity contribution is 7.89. The summed E-state index contributed by atoms with van der Waals surface area (Å²) in [5.74, 6) is 0.250. The molecule has 0 saturated carbocycles. The molecule has 0 aromatic rings. The van der Waals surface area contributed by atoms with E-state index in [4.69, 9.17) is 10.5 Å². The maximum atomic E-state index is 11.8. The Balaban J connectivity index is 2.49. The van der Waals surface area contributed by atoms with E-state index < -0.39 is 10.0 Å². The second kappa shape index (κ2) is 5.95. The third-order valence-electron chi connectivity index (χ3n) is 2.82. The summed E-state index contributed by atoms with van der Waals surface area (Å²) in [4.78, 5) is 0. The number of rotatable bonds is 6. The van der Waals surface area contributed by atoms with E-state index in [1.165, 1.54) is 0 Å². The molecule has 1 heterocycles. The second-order valence-corrected chi connectivity index (χ2v) is 6.42. The van der Waals surface area contributed by atoms with Gasteiger partial charge < -0.3 is 10.5 Å². The van der Waals surface area contributed by atoms with Gasteiger partial charge in [0, 0.05) is 19.2 Å². The Morgan fingerprint density at radius 2 is 2.19 bits per heavy atom. The number of hydrogen-bond donors (Lipinski definition) is 2. The lowest BCUT2D eigenvalue weighted by Gasteiger charge is -2.21. The van der Waals surface area contributed by atoms with Crippen LogP contribution in [-0.4, -0.2) is 39.5 Å². The SMILES string of the molecule is CC(C)C(CN)NS(=O)(=O)CC1CCCO1. The first-order chi connectivity index (χ1) is 7.44. The topological polar surface area (TPSA) is 81.4 Å². The Morgan fingerprint density at radius 3 is 2.62 bits per heavy atom. The summed E-state index contributed by atoms with van der Waals surface area (Å²) in [5.41, 5.74) is 5.53. The molecule has 96 valence electrons. The van der Waals surface area contributed by atoms with Crippen LogP contribution in [-0.2, 0) is 14.8 Å². The molecule has 0 radical (unpaired) electrons. The fourth-order valence-corrected chi connectivity index (χ4v) is 3.43. The van der Waals surface area contributed by atoms with Gasteiger partial charge in [-0.25, -0.2) is 13.1 Å². The molecule has 1 saturated heterocycles. The van der Waals surface area contributed by atoms with Crippen molar-refractivity contribution in [2.24, 2.45) is 11.7 Å². The molecule has 6 heteroatoms. The molecule has 16 heavy (non-hydrogen) atoms. The molecule has 0 spiro atoms. The van der Waals surface area contributed by atoms with Crippen molar-refractivity contribution in [1.29, 1.82) is 0 Å². The second-order valence-electron chi connectivity index (χ2n) is 4.62. The lowest BCUT2D eigenvalue weighted by Crippen LogP contribution is -2.45. The fourth-order valence-electron chi connectivity index (χ4n) is 1.76. The van der Waals surface area contributed by atoms with Crippen molar-refractivity contribution in [3.8, 4) is 0 Å². The van der Waals surface area contributed by atoms with Gasteiger partial charge in [-0.1, -0.05) is 13.8 Å². The van der Waals surface area contributed by atoms with Crippen LogP contribution >= 0.6 is 0 Å². The van der Waals surface area contributed by atoms with Crippen LogP contribution in [0.1, 0.15) is 26.7 Å².